The summed E-state index contributed by atoms with van der Waals surface area (Å²) in [4.78, 5) is 34.6. The lowest BCUT2D eigenvalue weighted by atomic mass is 10.2. The van der Waals surface area contributed by atoms with Gasteiger partial charge < -0.3 is 11.1 Å². The van der Waals surface area contributed by atoms with Crippen molar-refractivity contribution in [3.05, 3.63) is 53.9 Å². The fraction of sp³-hybridized carbons (Fsp3) is 0.158. The van der Waals surface area contributed by atoms with E-state index in [0.717, 1.165) is 21.8 Å². The molecule has 7 nitrogen and oxygen atoms in total. The predicted octanol–water partition coefficient (Wildman–Crippen LogP) is 3.41. The first-order chi connectivity index (χ1) is 12.3. The van der Waals surface area contributed by atoms with Crippen LogP contribution in [0.1, 0.15) is 18.3 Å². The van der Waals surface area contributed by atoms with E-state index in [0.29, 0.717) is 22.6 Å². The second kappa shape index (κ2) is 6.79. The molecule has 1 aromatic heterocycles. The number of hydrogen-bond donors (Lipinski definition) is 2. The van der Waals surface area contributed by atoms with Crippen LogP contribution in [0.25, 0.3) is 11.0 Å². The minimum Gasteiger partial charge on any atom is -0.399 e. The molecule has 0 saturated carbocycles. The van der Waals surface area contributed by atoms with E-state index in [2.05, 4.69) is 15.3 Å². The van der Waals surface area contributed by atoms with Crippen LogP contribution in [-0.4, -0.2) is 21.9 Å². The molecule has 3 amide bonds. The molecule has 1 heterocycles. The summed E-state index contributed by atoms with van der Waals surface area (Å²) in [5.41, 5.74) is 10.2. The Labute approximate surface area is 150 Å². The van der Waals surface area contributed by atoms with E-state index in [-0.39, 0.29) is 0 Å². The number of imide groups is 1. The van der Waals surface area contributed by atoms with Crippen LogP contribution >= 0.6 is 0 Å². The molecule has 3 N–H and O–H groups in total. The maximum absolute atomic E-state index is 12.6. The summed E-state index contributed by atoms with van der Waals surface area (Å²) in [6, 6.07) is 11.2. The van der Waals surface area contributed by atoms with Crippen LogP contribution in [-0.2, 0) is 4.79 Å². The summed E-state index contributed by atoms with van der Waals surface area (Å²) in [7, 11) is 0. The predicted molar refractivity (Wildman–Crippen MR) is 102 cm³/mol. The third kappa shape index (κ3) is 3.46. The van der Waals surface area contributed by atoms with Crippen LogP contribution in [0.4, 0.5) is 21.9 Å². The number of nitrogens with one attached hydrogen (secondary N) is 1. The molecular formula is C19H19N5O2. The van der Waals surface area contributed by atoms with E-state index in [4.69, 9.17) is 5.73 Å². The van der Waals surface area contributed by atoms with Crippen molar-refractivity contribution in [2.75, 3.05) is 16.0 Å². The minimum atomic E-state index is -0.570. The number of nitrogen functional groups attached to an aromatic ring is 1. The number of hydrogen-bond acceptors (Lipinski definition) is 5. The second-order valence-corrected chi connectivity index (χ2v) is 5.98. The molecule has 0 aliphatic heterocycles. The fourth-order valence-electron chi connectivity index (χ4n) is 2.59. The number of urea groups is 1. The second-order valence-electron chi connectivity index (χ2n) is 5.98. The lowest BCUT2D eigenvalue weighted by Crippen LogP contribution is -2.38. The number of amides is 3. The molecule has 26 heavy (non-hydrogen) atoms. The molecule has 0 fully saturated rings. The highest BCUT2D eigenvalue weighted by Gasteiger charge is 2.20. The van der Waals surface area contributed by atoms with Crippen molar-refractivity contribution in [3.8, 4) is 0 Å². The number of aryl methyl sites for hydroxylation is 2. The van der Waals surface area contributed by atoms with Gasteiger partial charge in [0.05, 0.1) is 28.1 Å². The molecular weight excluding hydrogens is 330 g/mol. The molecule has 132 valence electrons. The summed E-state index contributed by atoms with van der Waals surface area (Å²) >= 11 is 0. The Morgan fingerprint density at radius 1 is 1.00 bits per heavy atom. The molecule has 0 spiro atoms. The van der Waals surface area contributed by atoms with Gasteiger partial charge in [-0.05, 0) is 50.2 Å². The van der Waals surface area contributed by atoms with Crippen molar-refractivity contribution in [3.63, 3.8) is 0 Å². The van der Waals surface area contributed by atoms with Gasteiger partial charge in [0, 0.05) is 18.3 Å². The largest absolute Gasteiger partial charge is 0.399 e. The van der Waals surface area contributed by atoms with E-state index in [1.807, 2.05) is 13.8 Å². The number of benzene rings is 2. The molecule has 3 aromatic rings. The first-order valence-electron chi connectivity index (χ1n) is 8.07. The number of nitrogens with zero attached hydrogens (tertiary/aromatic N) is 3. The number of aromatic nitrogens is 2. The first-order valence-corrected chi connectivity index (χ1v) is 8.07. The SMILES string of the molecule is CC(=O)N(C(=O)Nc1ccc2nc(C)c(C)nc2c1)c1cccc(N)c1. The molecule has 0 aliphatic rings. The quantitative estimate of drug-likeness (QED) is 0.690. The summed E-state index contributed by atoms with van der Waals surface area (Å²) < 4.78 is 0. The van der Waals surface area contributed by atoms with E-state index >= 15 is 0 Å². The van der Waals surface area contributed by atoms with E-state index in [9.17, 15) is 9.59 Å². The molecule has 7 heteroatoms. The van der Waals surface area contributed by atoms with Crippen molar-refractivity contribution in [2.45, 2.75) is 20.8 Å². The van der Waals surface area contributed by atoms with E-state index in [1.54, 1.807) is 42.5 Å². The van der Waals surface area contributed by atoms with Crippen molar-refractivity contribution < 1.29 is 9.59 Å². The maximum Gasteiger partial charge on any atom is 0.333 e. The van der Waals surface area contributed by atoms with Crippen LogP contribution in [0, 0.1) is 13.8 Å². The number of rotatable bonds is 2. The van der Waals surface area contributed by atoms with E-state index in [1.165, 1.54) is 6.92 Å². The van der Waals surface area contributed by atoms with Gasteiger partial charge in [-0.2, -0.15) is 0 Å². The average Bonchev–Trinajstić information content (AvgIpc) is 2.56. The number of carbonyl (C=O) groups is 2. The smallest absolute Gasteiger partial charge is 0.333 e. The molecule has 3 rings (SSSR count). The maximum atomic E-state index is 12.6. The van der Waals surface area contributed by atoms with Crippen LogP contribution in [0.2, 0.25) is 0 Å². The first kappa shape index (κ1) is 17.3. The lowest BCUT2D eigenvalue weighted by Gasteiger charge is -2.20. The highest BCUT2D eigenvalue weighted by molar-refractivity contribution is 6.18. The van der Waals surface area contributed by atoms with Gasteiger partial charge in [-0.1, -0.05) is 6.07 Å². The lowest BCUT2D eigenvalue weighted by molar-refractivity contribution is -0.115. The Hall–Kier alpha value is -3.48. The van der Waals surface area contributed by atoms with Gasteiger partial charge in [-0.3, -0.25) is 4.79 Å². The summed E-state index contributed by atoms with van der Waals surface area (Å²) in [5.74, 6) is -0.417. The number of fused-ring (bicyclic) bond motifs is 1. The van der Waals surface area contributed by atoms with Gasteiger partial charge in [0.2, 0.25) is 5.91 Å². The number of anilines is 3. The van der Waals surface area contributed by atoms with Crippen LogP contribution < -0.4 is 16.0 Å². The van der Waals surface area contributed by atoms with Gasteiger partial charge in [-0.15, -0.1) is 0 Å². The van der Waals surface area contributed by atoms with Gasteiger partial charge in [0.15, 0.2) is 0 Å². The zero-order valence-corrected chi connectivity index (χ0v) is 14.8. The molecule has 0 radical (unpaired) electrons. The standard InChI is InChI=1S/C19H19N5O2/c1-11-12(2)22-18-10-15(7-8-17(18)21-11)23-19(26)24(13(3)25)16-6-4-5-14(20)9-16/h4-10H,20H2,1-3H3,(H,23,26). The highest BCUT2D eigenvalue weighted by Crippen LogP contribution is 2.21. The fourth-order valence-corrected chi connectivity index (χ4v) is 2.59. The monoisotopic (exact) mass is 349 g/mol. The zero-order valence-electron chi connectivity index (χ0n) is 14.8. The van der Waals surface area contributed by atoms with Crippen LogP contribution in [0.3, 0.4) is 0 Å². The summed E-state index contributed by atoms with van der Waals surface area (Å²) in [6.45, 7) is 5.10. The Bertz CT molecular complexity index is 1020. The van der Waals surface area contributed by atoms with Gasteiger partial charge in [0.25, 0.3) is 0 Å². The number of nitrogens with two attached hydrogens (primary N) is 1. The van der Waals surface area contributed by atoms with Crippen molar-refractivity contribution in [1.82, 2.24) is 9.97 Å². The van der Waals surface area contributed by atoms with Crippen molar-refractivity contribution in [1.29, 1.82) is 0 Å². The Morgan fingerprint density at radius 3 is 2.35 bits per heavy atom. The Kier molecular flexibility index (Phi) is 4.53. The van der Waals surface area contributed by atoms with Gasteiger partial charge in [0.1, 0.15) is 0 Å². The molecule has 0 saturated heterocycles. The Morgan fingerprint density at radius 2 is 1.69 bits per heavy atom. The molecule has 0 atom stereocenters. The topological polar surface area (TPSA) is 101 Å². The van der Waals surface area contributed by atoms with Crippen molar-refractivity contribution >= 4 is 40.0 Å². The summed E-state index contributed by atoms with van der Waals surface area (Å²) in [5, 5.41) is 2.73. The Balaban J connectivity index is 1.91. The zero-order chi connectivity index (χ0) is 18.8. The normalized spacial score (nSPS) is 10.6. The van der Waals surface area contributed by atoms with Crippen molar-refractivity contribution in [2.24, 2.45) is 0 Å². The molecule has 0 aliphatic carbocycles. The molecule has 0 bridgehead atoms. The van der Waals surface area contributed by atoms with Gasteiger partial charge >= 0.3 is 6.03 Å². The third-order valence-electron chi connectivity index (χ3n) is 3.97. The number of carbonyl (C=O) groups excluding carboxylic acids is 2. The molecule has 0 unspecified atom stereocenters. The average molecular weight is 349 g/mol. The van der Waals surface area contributed by atoms with E-state index < -0.39 is 11.9 Å². The minimum absolute atomic E-state index is 0.405. The van der Waals surface area contributed by atoms with Gasteiger partial charge in [-0.25, -0.2) is 19.7 Å². The summed E-state index contributed by atoms with van der Waals surface area (Å²) in [6.07, 6.45) is 0. The molecule has 2 aromatic carbocycles. The third-order valence-corrected chi connectivity index (χ3v) is 3.97. The highest BCUT2D eigenvalue weighted by atomic mass is 16.2. The van der Waals surface area contributed by atoms with Crippen LogP contribution in [0.5, 0.6) is 0 Å². The van der Waals surface area contributed by atoms with Crippen LogP contribution in [0.15, 0.2) is 42.5 Å².